The van der Waals surface area contributed by atoms with E-state index in [2.05, 4.69) is 4.74 Å². The third kappa shape index (κ3) is 4.67. The number of amidine groups is 1. The summed E-state index contributed by atoms with van der Waals surface area (Å²) < 4.78 is 4.58. The van der Waals surface area contributed by atoms with Crippen LogP contribution in [0.4, 0.5) is 0 Å². The number of ether oxygens (including phenoxy) is 1. The lowest BCUT2D eigenvalue weighted by atomic mass is 10.1. The summed E-state index contributed by atoms with van der Waals surface area (Å²) >= 11 is 1.25. The first kappa shape index (κ1) is 15.0. The molecule has 0 saturated heterocycles. The number of methoxy groups -OCH3 is 1. The molecular formula is C10H12BrN2O2S-. The quantitative estimate of drug-likeness (QED) is 0.409. The molecule has 0 bridgehead atoms. The minimum atomic E-state index is -0.347. The van der Waals surface area contributed by atoms with Crippen LogP contribution in [0.5, 0.6) is 0 Å². The molecule has 1 aromatic rings. The van der Waals surface area contributed by atoms with Crippen LogP contribution in [0.25, 0.3) is 0 Å². The molecule has 1 aromatic carbocycles. The molecule has 3 N–H and O–H groups in total. The van der Waals surface area contributed by atoms with Crippen molar-refractivity contribution in [3.63, 3.8) is 0 Å². The lowest BCUT2D eigenvalue weighted by Crippen LogP contribution is -3.00. The molecule has 0 aliphatic rings. The van der Waals surface area contributed by atoms with E-state index < -0.39 is 0 Å². The number of halogens is 1. The maximum absolute atomic E-state index is 11.1. The summed E-state index contributed by atoms with van der Waals surface area (Å²) in [6, 6.07) is 7.04. The lowest BCUT2D eigenvalue weighted by molar-refractivity contribution is -0.0000180. The van der Waals surface area contributed by atoms with Crippen LogP contribution in [-0.2, 0) is 10.5 Å². The molecule has 0 heterocycles. The van der Waals surface area contributed by atoms with Gasteiger partial charge in [0.05, 0.1) is 12.7 Å². The summed E-state index contributed by atoms with van der Waals surface area (Å²) in [5, 5.41) is 7.14. The number of nitrogens with one attached hydrogen (secondary N) is 1. The van der Waals surface area contributed by atoms with Gasteiger partial charge in [-0.05, 0) is 17.7 Å². The third-order valence-corrected chi connectivity index (χ3v) is 2.56. The van der Waals surface area contributed by atoms with E-state index in [4.69, 9.17) is 11.1 Å². The summed E-state index contributed by atoms with van der Waals surface area (Å²) in [6.45, 7) is 0. The molecule has 0 radical (unpaired) electrons. The highest BCUT2D eigenvalue weighted by Gasteiger charge is 2.04. The number of esters is 1. The smallest absolute Gasteiger partial charge is 0.337 e. The van der Waals surface area contributed by atoms with Gasteiger partial charge >= 0.3 is 5.97 Å². The zero-order valence-corrected chi connectivity index (χ0v) is 11.1. The Labute approximate surface area is 109 Å². The van der Waals surface area contributed by atoms with Crippen molar-refractivity contribution in [3.8, 4) is 0 Å². The third-order valence-electron chi connectivity index (χ3n) is 1.77. The zero-order chi connectivity index (χ0) is 11.3. The first-order valence-electron chi connectivity index (χ1n) is 4.27. The molecule has 1 rings (SSSR count). The summed E-state index contributed by atoms with van der Waals surface area (Å²) in [4.78, 5) is 11.1. The first-order valence-corrected chi connectivity index (χ1v) is 5.26. The molecule has 0 unspecified atom stereocenters. The van der Waals surface area contributed by atoms with Crippen molar-refractivity contribution in [1.29, 1.82) is 5.41 Å². The van der Waals surface area contributed by atoms with Gasteiger partial charge in [-0.3, -0.25) is 5.41 Å². The largest absolute Gasteiger partial charge is 1.00 e. The second-order valence-electron chi connectivity index (χ2n) is 2.84. The van der Waals surface area contributed by atoms with Crippen molar-refractivity contribution in [2.24, 2.45) is 5.73 Å². The van der Waals surface area contributed by atoms with Crippen LogP contribution in [0, 0.1) is 5.41 Å². The van der Waals surface area contributed by atoms with Gasteiger partial charge in [0.15, 0.2) is 5.17 Å². The highest BCUT2D eigenvalue weighted by molar-refractivity contribution is 8.13. The fourth-order valence-electron chi connectivity index (χ4n) is 1.02. The van der Waals surface area contributed by atoms with E-state index in [9.17, 15) is 4.79 Å². The van der Waals surface area contributed by atoms with Crippen molar-refractivity contribution in [2.75, 3.05) is 7.11 Å². The Bertz CT molecular complexity index is 368. The molecular weight excluding hydrogens is 292 g/mol. The number of benzene rings is 1. The van der Waals surface area contributed by atoms with Crippen molar-refractivity contribution in [3.05, 3.63) is 35.4 Å². The normalized spacial score (nSPS) is 9.06. The van der Waals surface area contributed by atoms with E-state index in [1.165, 1.54) is 18.9 Å². The van der Waals surface area contributed by atoms with Gasteiger partial charge in [0, 0.05) is 5.75 Å². The number of rotatable bonds is 3. The molecule has 4 nitrogen and oxygen atoms in total. The van der Waals surface area contributed by atoms with E-state index in [1.54, 1.807) is 12.1 Å². The van der Waals surface area contributed by atoms with E-state index >= 15 is 0 Å². The van der Waals surface area contributed by atoms with Crippen molar-refractivity contribution in [2.45, 2.75) is 5.75 Å². The Kier molecular flexibility index (Phi) is 6.83. The van der Waals surface area contributed by atoms with Gasteiger partial charge < -0.3 is 27.5 Å². The Hall–Kier alpha value is -1.01. The summed E-state index contributed by atoms with van der Waals surface area (Å²) in [5.41, 5.74) is 6.75. The van der Waals surface area contributed by atoms with E-state index in [1.807, 2.05) is 12.1 Å². The SMILES string of the molecule is COC(=O)c1ccc(CSC(=N)N)cc1.[Br-]. The van der Waals surface area contributed by atoms with Crippen molar-refractivity contribution >= 4 is 22.9 Å². The van der Waals surface area contributed by atoms with E-state index in [0.717, 1.165) is 5.56 Å². The summed E-state index contributed by atoms with van der Waals surface area (Å²) in [6.07, 6.45) is 0. The van der Waals surface area contributed by atoms with E-state index in [-0.39, 0.29) is 28.1 Å². The Morgan fingerprint density at radius 3 is 2.44 bits per heavy atom. The molecule has 0 amide bonds. The van der Waals surface area contributed by atoms with Gasteiger partial charge in [-0.2, -0.15) is 0 Å². The van der Waals surface area contributed by atoms with Gasteiger partial charge in [0.2, 0.25) is 0 Å². The van der Waals surface area contributed by atoms with Crippen LogP contribution < -0.4 is 22.7 Å². The highest BCUT2D eigenvalue weighted by atomic mass is 79.9. The highest BCUT2D eigenvalue weighted by Crippen LogP contribution is 2.12. The maximum atomic E-state index is 11.1. The Morgan fingerprint density at radius 1 is 1.44 bits per heavy atom. The van der Waals surface area contributed by atoms with E-state index in [0.29, 0.717) is 11.3 Å². The van der Waals surface area contributed by atoms with Gasteiger partial charge in [-0.15, -0.1) is 0 Å². The number of nitrogens with two attached hydrogens (primary N) is 1. The number of hydrogen-bond donors (Lipinski definition) is 2. The molecule has 88 valence electrons. The maximum Gasteiger partial charge on any atom is 0.337 e. The Balaban J connectivity index is 0.00000225. The molecule has 0 atom stereocenters. The number of hydrogen-bond acceptors (Lipinski definition) is 4. The summed E-state index contributed by atoms with van der Waals surface area (Å²) in [5.74, 6) is 0.289. The molecule has 16 heavy (non-hydrogen) atoms. The van der Waals surface area contributed by atoms with Crippen molar-refractivity contribution in [1.82, 2.24) is 0 Å². The Morgan fingerprint density at radius 2 is 2.00 bits per heavy atom. The second kappa shape index (κ2) is 7.29. The molecule has 0 aliphatic heterocycles. The number of thioether (sulfide) groups is 1. The van der Waals surface area contributed by atoms with Crippen LogP contribution in [0.3, 0.4) is 0 Å². The lowest BCUT2D eigenvalue weighted by Gasteiger charge is -2.02. The molecule has 0 spiro atoms. The van der Waals surface area contributed by atoms with Crippen LogP contribution >= 0.6 is 11.8 Å². The number of carbonyl (C=O) groups excluding carboxylic acids is 1. The van der Waals surface area contributed by atoms with Gasteiger partial charge in [0.25, 0.3) is 0 Å². The molecule has 0 aromatic heterocycles. The minimum absolute atomic E-state index is 0. The van der Waals surface area contributed by atoms with Crippen LogP contribution in [-0.4, -0.2) is 18.2 Å². The predicted molar refractivity (Wildman–Crippen MR) is 61.0 cm³/mol. The molecule has 6 heteroatoms. The average molecular weight is 304 g/mol. The minimum Gasteiger partial charge on any atom is -1.00 e. The van der Waals surface area contributed by atoms with Crippen molar-refractivity contribution < 1.29 is 26.5 Å². The van der Waals surface area contributed by atoms with Crippen LogP contribution in [0.15, 0.2) is 24.3 Å². The zero-order valence-electron chi connectivity index (χ0n) is 8.70. The molecule has 0 saturated carbocycles. The predicted octanol–water partition coefficient (Wildman–Crippen LogP) is -1.40. The number of carbonyl (C=O) groups is 1. The van der Waals surface area contributed by atoms with Crippen LogP contribution in [0.2, 0.25) is 0 Å². The summed E-state index contributed by atoms with van der Waals surface area (Å²) in [7, 11) is 1.35. The first-order chi connectivity index (χ1) is 7.13. The monoisotopic (exact) mass is 303 g/mol. The molecule has 0 fully saturated rings. The standard InChI is InChI=1S/C10H12N2O2S.BrH/c1-14-9(13)8-4-2-7(3-5-8)6-15-10(11)12;/h2-5H,6H2,1H3,(H3,11,12);1H/p-1. The van der Waals surface area contributed by atoms with Gasteiger partial charge in [-0.1, -0.05) is 23.9 Å². The fraction of sp³-hybridized carbons (Fsp3) is 0.200. The topological polar surface area (TPSA) is 76.2 Å². The molecule has 0 aliphatic carbocycles. The fourth-order valence-corrected chi connectivity index (χ4v) is 1.53. The van der Waals surface area contributed by atoms with Gasteiger partial charge in [-0.25, -0.2) is 4.79 Å². The van der Waals surface area contributed by atoms with Gasteiger partial charge in [0.1, 0.15) is 0 Å². The second-order valence-corrected chi connectivity index (χ2v) is 3.86. The van der Waals surface area contributed by atoms with Crippen LogP contribution in [0.1, 0.15) is 15.9 Å². The average Bonchev–Trinajstić information content (AvgIpc) is 2.26.